The Bertz CT molecular complexity index is 661. The summed E-state index contributed by atoms with van der Waals surface area (Å²) in [5.74, 6) is -0.297. The Morgan fingerprint density at radius 1 is 1.56 bits per heavy atom. The third kappa shape index (κ3) is 2.44. The second kappa shape index (κ2) is 5.07. The summed E-state index contributed by atoms with van der Waals surface area (Å²) in [6.45, 7) is 1.96. The summed E-state index contributed by atoms with van der Waals surface area (Å²) < 4.78 is 0. The molecule has 0 bridgehead atoms. The number of primary amides is 1. The van der Waals surface area contributed by atoms with Gasteiger partial charge in [-0.05, 0) is 18.6 Å². The number of nitrogens with two attached hydrogens (primary N) is 1. The molecule has 2 aromatic rings. The number of fused-ring (bicyclic) bond motifs is 1. The second-order valence-corrected chi connectivity index (χ2v) is 4.82. The molecular weight excluding hydrogens is 246 g/mol. The number of nitrogens with zero attached hydrogens (tertiary/aromatic N) is 2. The van der Waals surface area contributed by atoms with E-state index in [4.69, 9.17) is 11.0 Å². The van der Waals surface area contributed by atoms with E-state index in [-0.39, 0.29) is 5.75 Å². The van der Waals surface area contributed by atoms with Crippen molar-refractivity contribution in [3.8, 4) is 6.07 Å². The zero-order valence-corrected chi connectivity index (χ0v) is 10.6. The molecule has 0 radical (unpaired) electrons. The van der Waals surface area contributed by atoms with Crippen molar-refractivity contribution in [3.05, 3.63) is 35.4 Å². The number of rotatable bonds is 3. The molecule has 0 unspecified atom stereocenters. The topological polar surface area (TPSA) is 79.8 Å². The summed E-state index contributed by atoms with van der Waals surface area (Å²) in [7, 11) is 0. The van der Waals surface area contributed by atoms with E-state index in [1.54, 1.807) is 6.07 Å². The minimum Gasteiger partial charge on any atom is -0.369 e. The van der Waals surface area contributed by atoms with Crippen LogP contribution in [0.1, 0.15) is 11.1 Å². The number of benzene rings is 1. The van der Waals surface area contributed by atoms with Crippen molar-refractivity contribution in [2.75, 3.05) is 5.75 Å². The van der Waals surface area contributed by atoms with Gasteiger partial charge in [-0.3, -0.25) is 4.79 Å². The van der Waals surface area contributed by atoms with Gasteiger partial charge in [-0.15, -0.1) is 0 Å². The molecule has 1 aromatic carbocycles. The smallest absolute Gasteiger partial charge is 0.227 e. The number of thioether (sulfide) groups is 1. The normalized spacial score (nSPS) is 10.2. The molecule has 0 aliphatic carbocycles. The number of para-hydroxylation sites is 1. The Balaban J connectivity index is 2.54. The largest absolute Gasteiger partial charge is 0.369 e. The van der Waals surface area contributed by atoms with Crippen LogP contribution in [0.15, 0.2) is 29.3 Å². The van der Waals surface area contributed by atoms with Crippen molar-refractivity contribution >= 4 is 28.6 Å². The average molecular weight is 257 g/mol. The lowest BCUT2D eigenvalue weighted by atomic mass is 10.1. The van der Waals surface area contributed by atoms with Crippen molar-refractivity contribution in [1.29, 1.82) is 5.26 Å². The van der Waals surface area contributed by atoms with Crippen LogP contribution >= 0.6 is 11.8 Å². The first kappa shape index (κ1) is 12.4. The summed E-state index contributed by atoms with van der Waals surface area (Å²) in [4.78, 5) is 15.2. The maximum Gasteiger partial charge on any atom is 0.227 e. The van der Waals surface area contributed by atoms with Crippen LogP contribution in [-0.2, 0) is 4.79 Å². The number of pyridine rings is 1. The molecule has 18 heavy (non-hydrogen) atoms. The summed E-state index contributed by atoms with van der Waals surface area (Å²) in [5.41, 5.74) is 7.47. The van der Waals surface area contributed by atoms with Gasteiger partial charge in [0.25, 0.3) is 0 Å². The lowest BCUT2D eigenvalue weighted by molar-refractivity contribution is -0.115. The molecule has 0 spiro atoms. The highest BCUT2D eigenvalue weighted by Crippen LogP contribution is 2.25. The third-order valence-electron chi connectivity index (χ3n) is 2.48. The number of hydrogen-bond acceptors (Lipinski definition) is 4. The Labute approximate surface area is 109 Å². The fourth-order valence-corrected chi connectivity index (χ4v) is 2.35. The average Bonchev–Trinajstić information content (AvgIpc) is 2.36. The van der Waals surface area contributed by atoms with E-state index in [0.717, 1.165) is 16.5 Å². The molecule has 2 rings (SSSR count). The highest BCUT2D eigenvalue weighted by Gasteiger charge is 2.09. The monoisotopic (exact) mass is 257 g/mol. The van der Waals surface area contributed by atoms with E-state index < -0.39 is 5.91 Å². The molecule has 0 aliphatic heterocycles. The van der Waals surface area contributed by atoms with Crippen LogP contribution in [0.3, 0.4) is 0 Å². The van der Waals surface area contributed by atoms with E-state index in [0.29, 0.717) is 10.6 Å². The van der Waals surface area contributed by atoms with E-state index >= 15 is 0 Å². The number of hydrogen-bond donors (Lipinski definition) is 1. The van der Waals surface area contributed by atoms with Crippen molar-refractivity contribution < 1.29 is 4.79 Å². The zero-order valence-electron chi connectivity index (χ0n) is 9.80. The van der Waals surface area contributed by atoms with Crippen LogP contribution in [0.2, 0.25) is 0 Å². The van der Waals surface area contributed by atoms with Crippen LogP contribution < -0.4 is 5.73 Å². The minimum atomic E-state index is -0.421. The Morgan fingerprint density at radius 2 is 2.33 bits per heavy atom. The number of aryl methyl sites for hydroxylation is 1. The number of amides is 1. The molecule has 2 N–H and O–H groups in total. The second-order valence-electron chi connectivity index (χ2n) is 3.85. The highest BCUT2D eigenvalue weighted by molar-refractivity contribution is 8.00. The Kier molecular flexibility index (Phi) is 3.49. The molecule has 1 aromatic heterocycles. The van der Waals surface area contributed by atoms with Gasteiger partial charge < -0.3 is 5.73 Å². The van der Waals surface area contributed by atoms with Gasteiger partial charge in [0.05, 0.1) is 16.8 Å². The Hall–Kier alpha value is -2.06. The summed E-state index contributed by atoms with van der Waals surface area (Å²) in [6, 6.07) is 9.69. The van der Waals surface area contributed by atoms with Gasteiger partial charge in [0.15, 0.2) is 0 Å². The van der Waals surface area contributed by atoms with Crippen molar-refractivity contribution in [1.82, 2.24) is 4.98 Å². The summed E-state index contributed by atoms with van der Waals surface area (Å²) in [5, 5.41) is 10.6. The first-order valence-corrected chi connectivity index (χ1v) is 6.32. The van der Waals surface area contributed by atoms with Crippen LogP contribution in [-0.4, -0.2) is 16.6 Å². The summed E-state index contributed by atoms with van der Waals surface area (Å²) in [6.07, 6.45) is 0. The van der Waals surface area contributed by atoms with E-state index in [1.165, 1.54) is 11.8 Å². The van der Waals surface area contributed by atoms with Crippen LogP contribution in [0.5, 0.6) is 0 Å². The fourth-order valence-electron chi connectivity index (χ4n) is 1.66. The van der Waals surface area contributed by atoms with Crippen molar-refractivity contribution in [2.45, 2.75) is 11.9 Å². The lowest BCUT2D eigenvalue weighted by Gasteiger charge is -2.06. The molecule has 0 saturated heterocycles. The van der Waals surface area contributed by atoms with Gasteiger partial charge in [-0.25, -0.2) is 4.98 Å². The van der Waals surface area contributed by atoms with E-state index in [9.17, 15) is 4.79 Å². The first-order valence-electron chi connectivity index (χ1n) is 5.33. The van der Waals surface area contributed by atoms with E-state index in [1.807, 2.05) is 25.1 Å². The fraction of sp³-hybridized carbons (Fsp3) is 0.154. The standard InChI is InChI=1S/C13H11N3OS/c1-8-3-2-4-9-5-10(6-14)13(16-12(8)9)18-7-11(15)17/h2-5H,7H2,1H3,(H2,15,17). The lowest BCUT2D eigenvalue weighted by Crippen LogP contribution is -2.13. The number of aromatic nitrogens is 1. The van der Waals surface area contributed by atoms with E-state index in [2.05, 4.69) is 11.1 Å². The van der Waals surface area contributed by atoms with Crippen LogP contribution in [0, 0.1) is 18.3 Å². The molecular formula is C13H11N3OS. The molecule has 1 heterocycles. The number of carbonyl (C=O) groups is 1. The molecule has 0 fully saturated rings. The molecule has 0 aliphatic rings. The van der Waals surface area contributed by atoms with Gasteiger partial charge in [-0.2, -0.15) is 5.26 Å². The minimum absolute atomic E-state index is 0.124. The predicted octanol–water partition coefficient (Wildman–Crippen LogP) is 1.99. The Morgan fingerprint density at radius 3 is 3.00 bits per heavy atom. The first-order chi connectivity index (χ1) is 8.61. The SMILES string of the molecule is Cc1cccc2cc(C#N)c(SCC(N)=O)nc12. The van der Waals surface area contributed by atoms with Gasteiger partial charge in [-0.1, -0.05) is 30.0 Å². The van der Waals surface area contributed by atoms with Crippen LogP contribution in [0.4, 0.5) is 0 Å². The van der Waals surface area contributed by atoms with Gasteiger partial charge in [0, 0.05) is 5.39 Å². The van der Waals surface area contributed by atoms with Gasteiger partial charge in [0.1, 0.15) is 11.1 Å². The molecule has 0 atom stereocenters. The quantitative estimate of drug-likeness (QED) is 0.853. The maximum atomic E-state index is 10.8. The maximum absolute atomic E-state index is 10.8. The van der Waals surface area contributed by atoms with Crippen molar-refractivity contribution in [3.63, 3.8) is 0 Å². The highest BCUT2D eigenvalue weighted by atomic mass is 32.2. The molecule has 4 nitrogen and oxygen atoms in total. The third-order valence-corrected chi connectivity index (χ3v) is 3.50. The number of nitriles is 1. The molecule has 5 heteroatoms. The van der Waals surface area contributed by atoms with Crippen molar-refractivity contribution in [2.24, 2.45) is 5.73 Å². The summed E-state index contributed by atoms with van der Waals surface area (Å²) >= 11 is 1.20. The molecule has 0 saturated carbocycles. The van der Waals surface area contributed by atoms with Gasteiger partial charge in [0.2, 0.25) is 5.91 Å². The predicted molar refractivity (Wildman–Crippen MR) is 71.1 cm³/mol. The molecule has 1 amide bonds. The van der Waals surface area contributed by atoms with Gasteiger partial charge >= 0.3 is 0 Å². The zero-order chi connectivity index (χ0) is 13.1. The van der Waals surface area contributed by atoms with Crippen LogP contribution in [0.25, 0.3) is 10.9 Å². The number of carbonyl (C=O) groups excluding carboxylic acids is 1. The molecule has 90 valence electrons.